The Morgan fingerprint density at radius 2 is 1.39 bits per heavy atom. The van der Waals surface area contributed by atoms with Crippen LogP contribution >= 0.6 is 0 Å². The first-order valence-corrected chi connectivity index (χ1v) is 11.4. The first-order chi connectivity index (χ1) is 16.0. The summed E-state index contributed by atoms with van der Waals surface area (Å²) in [6, 6.07) is 31.1. The minimum atomic E-state index is 0.252. The van der Waals surface area contributed by atoms with E-state index in [9.17, 15) is 5.11 Å². The lowest BCUT2D eigenvalue weighted by molar-refractivity contribution is 0.476. The molecule has 0 bridgehead atoms. The molecule has 0 aliphatic carbocycles. The molecule has 2 nitrogen and oxygen atoms in total. The summed E-state index contributed by atoms with van der Waals surface area (Å²) >= 11 is 0. The zero-order chi connectivity index (χ0) is 22.9. The smallest absolute Gasteiger partial charge is 0.132 e. The van der Waals surface area contributed by atoms with Crippen LogP contribution in [0.3, 0.4) is 0 Å². The highest BCUT2D eigenvalue weighted by atomic mass is 16.3. The molecule has 5 aromatic rings. The van der Waals surface area contributed by atoms with Crippen LogP contribution < -0.4 is 0 Å². The quantitative estimate of drug-likeness (QED) is 0.225. The van der Waals surface area contributed by atoms with E-state index in [0.29, 0.717) is 11.5 Å². The molecule has 5 aromatic carbocycles. The van der Waals surface area contributed by atoms with E-state index in [1.54, 1.807) is 6.21 Å². The molecule has 0 aromatic heterocycles. The zero-order valence-electron chi connectivity index (χ0n) is 19.2. The van der Waals surface area contributed by atoms with Gasteiger partial charge in [-0.25, -0.2) is 0 Å². The van der Waals surface area contributed by atoms with Gasteiger partial charge in [0.05, 0.1) is 5.69 Å². The normalized spacial score (nSPS) is 11.8. The maximum absolute atomic E-state index is 11.4. The van der Waals surface area contributed by atoms with Crippen LogP contribution in [0.2, 0.25) is 0 Å². The Hall–Kier alpha value is -3.91. The van der Waals surface area contributed by atoms with E-state index >= 15 is 0 Å². The molecule has 0 saturated heterocycles. The van der Waals surface area contributed by atoms with E-state index < -0.39 is 0 Å². The van der Waals surface area contributed by atoms with Gasteiger partial charge in [-0.2, -0.15) is 0 Å². The Morgan fingerprint density at radius 3 is 2.06 bits per heavy atom. The summed E-state index contributed by atoms with van der Waals surface area (Å²) in [7, 11) is 0. The Bertz CT molecular complexity index is 1460. The summed E-state index contributed by atoms with van der Waals surface area (Å²) in [6.07, 6.45) is 1.79. The number of nitrogens with zero attached hydrogens (tertiary/aromatic N) is 1. The van der Waals surface area contributed by atoms with Gasteiger partial charge < -0.3 is 5.11 Å². The van der Waals surface area contributed by atoms with Gasteiger partial charge in [0.15, 0.2) is 0 Å². The van der Waals surface area contributed by atoms with Crippen molar-refractivity contribution < 1.29 is 5.11 Å². The van der Waals surface area contributed by atoms with Crippen LogP contribution in [0.15, 0.2) is 96.0 Å². The number of hydrogen-bond acceptors (Lipinski definition) is 2. The molecule has 0 unspecified atom stereocenters. The van der Waals surface area contributed by atoms with Crippen molar-refractivity contribution in [2.24, 2.45) is 4.99 Å². The molecule has 33 heavy (non-hydrogen) atoms. The van der Waals surface area contributed by atoms with Crippen molar-refractivity contribution in [2.75, 3.05) is 0 Å². The van der Waals surface area contributed by atoms with E-state index in [-0.39, 0.29) is 5.75 Å². The summed E-state index contributed by atoms with van der Waals surface area (Å²) in [5, 5.41) is 16.0. The minimum Gasteiger partial charge on any atom is -0.507 e. The molecule has 2 heteroatoms. The van der Waals surface area contributed by atoms with Crippen molar-refractivity contribution in [3.63, 3.8) is 0 Å². The van der Waals surface area contributed by atoms with Gasteiger partial charge in [-0.05, 0) is 57.6 Å². The van der Waals surface area contributed by atoms with E-state index in [1.165, 1.54) is 5.56 Å². The molecule has 0 heterocycles. The summed E-state index contributed by atoms with van der Waals surface area (Å²) in [5.74, 6) is 0.626. The van der Waals surface area contributed by atoms with Gasteiger partial charge in [0.1, 0.15) is 5.75 Å². The van der Waals surface area contributed by atoms with E-state index in [0.717, 1.165) is 43.9 Å². The predicted octanol–water partition coefficient (Wildman–Crippen LogP) is 8.55. The van der Waals surface area contributed by atoms with Crippen molar-refractivity contribution in [2.45, 2.75) is 26.7 Å². The van der Waals surface area contributed by atoms with Crippen molar-refractivity contribution in [1.29, 1.82) is 0 Å². The Morgan fingerprint density at radius 1 is 0.758 bits per heavy atom. The average Bonchev–Trinajstić information content (AvgIpc) is 2.82. The molecule has 0 atom stereocenters. The molecule has 0 spiro atoms. The van der Waals surface area contributed by atoms with Gasteiger partial charge in [-0.3, -0.25) is 4.99 Å². The van der Waals surface area contributed by atoms with Crippen LogP contribution in [0.4, 0.5) is 5.69 Å². The average molecular weight is 430 g/mol. The van der Waals surface area contributed by atoms with Gasteiger partial charge >= 0.3 is 0 Å². The van der Waals surface area contributed by atoms with Gasteiger partial charge in [0.2, 0.25) is 0 Å². The molecular formula is C31H27NO. The van der Waals surface area contributed by atoms with Gasteiger partial charge in [-0.1, -0.05) is 92.7 Å². The highest BCUT2D eigenvalue weighted by Gasteiger charge is 2.15. The lowest BCUT2D eigenvalue weighted by atomic mass is 9.91. The summed E-state index contributed by atoms with van der Waals surface area (Å²) in [4.78, 5) is 4.83. The number of rotatable bonds is 4. The summed E-state index contributed by atoms with van der Waals surface area (Å²) in [6.45, 7) is 6.44. The lowest BCUT2D eigenvalue weighted by Crippen LogP contribution is -1.92. The fourth-order valence-corrected chi connectivity index (χ4v) is 4.63. The fourth-order valence-electron chi connectivity index (χ4n) is 4.63. The predicted molar refractivity (Wildman–Crippen MR) is 141 cm³/mol. The number of aromatic hydroxyl groups is 1. The van der Waals surface area contributed by atoms with Crippen molar-refractivity contribution in [3.05, 3.63) is 108 Å². The van der Waals surface area contributed by atoms with Crippen molar-refractivity contribution in [3.8, 4) is 16.9 Å². The van der Waals surface area contributed by atoms with Crippen molar-refractivity contribution in [1.82, 2.24) is 0 Å². The molecule has 0 fully saturated rings. The second kappa shape index (κ2) is 8.55. The highest BCUT2D eigenvalue weighted by Crippen LogP contribution is 2.41. The lowest BCUT2D eigenvalue weighted by Gasteiger charge is -2.15. The van der Waals surface area contributed by atoms with E-state index in [4.69, 9.17) is 4.99 Å². The van der Waals surface area contributed by atoms with Crippen LogP contribution in [0.5, 0.6) is 5.75 Å². The van der Waals surface area contributed by atoms with E-state index in [1.807, 2.05) is 18.2 Å². The first kappa shape index (κ1) is 21.0. The summed E-state index contributed by atoms with van der Waals surface area (Å²) in [5.41, 5.74) is 5.90. The van der Waals surface area contributed by atoms with Crippen LogP contribution in [-0.2, 0) is 0 Å². The number of aryl methyl sites for hydroxylation is 1. The second-order valence-electron chi connectivity index (χ2n) is 8.86. The third kappa shape index (κ3) is 3.78. The molecule has 0 radical (unpaired) electrons. The monoisotopic (exact) mass is 429 g/mol. The SMILES string of the molecule is Cc1cccc(C(C)C)c1/N=C/c1cccc(-c2c3ccccc3cc3ccccc23)c1O. The van der Waals surface area contributed by atoms with Crippen LogP contribution in [0, 0.1) is 6.92 Å². The van der Waals surface area contributed by atoms with Gasteiger partial charge in [0.25, 0.3) is 0 Å². The number of hydrogen-bond donors (Lipinski definition) is 1. The van der Waals surface area contributed by atoms with Crippen LogP contribution in [-0.4, -0.2) is 11.3 Å². The Labute approximate surface area is 194 Å². The van der Waals surface area contributed by atoms with Gasteiger partial charge in [0, 0.05) is 22.9 Å². The molecule has 5 rings (SSSR count). The van der Waals surface area contributed by atoms with Crippen LogP contribution in [0.25, 0.3) is 32.7 Å². The number of fused-ring (bicyclic) bond motifs is 2. The fraction of sp³-hybridized carbons (Fsp3) is 0.129. The van der Waals surface area contributed by atoms with Gasteiger partial charge in [-0.15, -0.1) is 0 Å². The maximum Gasteiger partial charge on any atom is 0.132 e. The van der Waals surface area contributed by atoms with Crippen molar-refractivity contribution >= 4 is 33.4 Å². The number of phenols is 1. The topological polar surface area (TPSA) is 32.6 Å². The minimum absolute atomic E-state index is 0.252. The van der Waals surface area contributed by atoms with E-state index in [2.05, 4.69) is 93.6 Å². The Balaban J connectivity index is 1.70. The third-order valence-corrected chi connectivity index (χ3v) is 6.33. The molecular weight excluding hydrogens is 402 g/mol. The summed E-state index contributed by atoms with van der Waals surface area (Å²) < 4.78 is 0. The Kier molecular flexibility index (Phi) is 5.43. The third-order valence-electron chi connectivity index (χ3n) is 6.33. The molecule has 0 aliphatic rings. The molecule has 0 amide bonds. The van der Waals surface area contributed by atoms with Crippen LogP contribution in [0.1, 0.15) is 36.5 Å². The number of phenolic OH excluding ortho intramolecular Hbond substituents is 1. The largest absolute Gasteiger partial charge is 0.507 e. The maximum atomic E-state index is 11.4. The molecule has 0 aliphatic heterocycles. The first-order valence-electron chi connectivity index (χ1n) is 11.4. The standard InChI is InChI=1S/C31H27NO/c1-20(2)25-16-8-10-21(3)30(25)32-19-24-13-9-17-28(31(24)33)29-26-14-6-4-11-22(26)18-23-12-5-7-15-27(23)29/h4-20,33H,1-3H3/b32-19+. The number of aliphatic imine (C=N–C) groups is 1. The number of benzene rings is 5. The zero-order valence-corrected chi connectivity index (χ0v) is 19.2. The number of para-hydroxylation sites is 2. The molecule has 162 valence electrons. The molecule has 0 saturated carbocycles. The highest BCUT2D eigenvalue weighted by molar-refractivity contribution is 6.14. The molecule has 1 N–H and O–H groups in total. The second-order valence-corrected chi connectivity index (χ2v) is 8.86.